The third kappa shape index (κ3) is 9.19. The number of amides is 1. The number of aromatic carboxylic acids is 1. The number of esters is 1. The van der Waals surface area contributed by atoms with Crippen molar-refractivity contribution in [1.82, 2.24) is 0 Å². The van der Waals surface area contributed by atoms with Gasteiger partial charge in [-0.1, -0.05) is 36.4 Å². The Morgan fingerprint density at radius 2 is 1.38 bits per heavy atom. The van der Waals surface area contributed by atoms with Gasteiger partial charge >= 0.3 is 11.9 Å². The summed E-state index contributed by atoms with van der Waals surface area (Å²) >= 11 is 0. The van der Waals surface area contributed by atoms with Crippen LogP contribution in [0.2, 0.25) is 0 Å². The van der Waals surface area contributed by atoms with Gasteiger partial charge in [-0.2, -0.15) is 0 Å². The molecule has 234 valence electrons. The van der Waals surface area contributed by atoms with Crippen molar-refractivity contribution in [2.75, 3.05) is 25.0 Å². The number of anilines is 2. The number of nitrogens with one attached hydrogen (secondary N) is 2. The Labute approximate surface area is 258 Å². The van der Waals surface area contributed by atoms with Crippen molar-refractivity contribution in [2.24, 2.45) is 0 Å². The summed E-state index contributed by atoms with van der Waals surface area (Å²) in [6.45, 7) is 0.0940. The molecule has 4 aromatic carbocycles. The van der Waals surface area contributed by atoms with E-state index in [2.05, 4.69) is 20.6 Å². The Hall–Kier alpha value is -5.11. The molecule has 0 aromatic heterocycles. The highest BCUT2D eigenvalue weighted by molar-refractivity contribution is 6.10. The maximum absolute atomic E-state index is 12.9. The van der Waals surface area contributed by atoms with E-state index >= 15 is 0 Å². The zero-order valence-corrected chi connectivity index (χ0v) is 24.6. The normalized spacial score (nSPS) is 10.7. The molecule has 0 unspecified atom stereocenters. The van der Waals surface area contributed by atoms with Crippen molar-refractivity contribution in [3.63, 3.8) is 0 Å². The molecule has 4 N–H and O–H groups in total. The zero-order valence-electron chi connectivity index (χ0n) is 24.6. The molecule has 0 aliphatic rings. The molecule has 12 nitrogen and oxygen atoms in total. The maximum atomic E-state index is 12.9. The molecule has 0 saturated carbocycles. The predicted octanol–water partition coefficient (Wildman–Crippen LogP) is 5.63. The van der Waals surface area contributed by atoms with Crippen LogP contribution in [0.3, 0.4) is 0 Å². The van der Waals surface area contributed by atoms with Gasteiger partial charge in [0.2, 0.25) is 0 Å². The van der Waals surface area contributed by atoms with Crippen LogP contribution in [0.1, 0.15) is 58.9 Å². The number of carbonyl (C=O) groups excluding carboxylic acids is 2. The first-order chi connectivity index (χ1) is 21.8. The van der Waals surface area contributed by atoms with Crippen molar-refractivity contribution in [1.29, 1.82) is 0 Å². The first-order valence-electron chi connectivity index (χ1n) is 13.7. The number of rotatable bonds is 15. The van der Waals surface area contributed by atoms with E-state index < -0.39 is 17.8 Å². The number of methoxy groups -OCH3 is 1. The van der Waals surface area contributed by atoms with E-state index in [1.165, 1.54) is 26.4 Å². The molecule has 0 radical (unpaired) electrons. The molecule has 0 bridgehead atoms. The standard InChI is InChI=1S/C33H32N2O10/c1-41-33(39)24-8-9-25(20-44-40)26(17-24)19-43-35-28-12-5-22(6-13-28)15-21-3-10-27(11-4-21)34-31(36)30-16-23(18-45-42-2)7-14-29(30)32(37)38/h3-14,16-17,35,40H,15,18-20H2,1-2H3,(H,34,36)(H,37,38). The lowest BCUT2D eigenvalue weighted by Gasteiger charge is -2.12. The SMILES string of the molecule is COOCc1ccc(C(=O)O)c(C(=O)Nc2ccc(Cc3ccc(NOCc4cc(C(=O)OC)ccc4COO)cc3)cc2)c1. The quantitative estimate of drug-likeness (QED) is 0.0744. The minimum absolute atomic E-state index is 0.00999. The van der Waals surface area contributed by atoms with Gasteiger partial charge in [0.25, 0.3) is 5.91 Å². The summed E-state index contributed by atoms with van der Waals surface area (Å²) in [4.78, 5) is 55.8. The van der Waals surface area contributed by atoms with Crippen LogP contribution < -0.4 is 10.8 Å². The number of carboxylic acid groups (broad SMARTS) is 1. The van der Waals surface area contributed by atoms with E-state index in [1.807, 2.05) is 36.4 Å². The Bertz CT molecular complexity index is 1620. The number of carboxylic acids is 1. The highest BCUT2D eigenvalue weighted by Crippen LogP contribution is 2.20. The third-order valence-electron chi connectivity index (χ3n) is 6.74. The second kappa shape index (κ2) is 16.1. The summed E-state index contributed by atoms with van der Waals surface area (Å²) in [7, 11) is 2.66. The van der Waals surface area contributed by atoms with Crippen LogP contribution >= 0.6 is 0 Å². The maximum Gasteiger partial charge on any atom is 0.337 e. The fourth-order valence-corrected chi connectivity index (χ4v) is 4.43. The highest BCUT2D eigenvalue weighted by Gasteiger charge is 2.18. The topological polar surface area (TPSA) is 162 Å². The number of hydrogen-bond donors (Lipinski definition) is 4. The number of ether oxygens (including phenoxy) is 1. The smallest absolute Gasteiger partial charge is 0.337 e. The fraction of sp³-hybridized carbons (Fsp3) is 0.182. The van der Waals surface area contributed by atoms with E-state index in [-0.39, 0.29) is 30.9 Å². The van der Waals surface area contributed by atoms with Gasteiger partial charge in [0, 0.05) is 5.69 Å². The lowest BCUT2D eigenvalue weighted by atomic mass is 10.0. The minimum Gasteiger partial charge on any atom is -0.478 e. The molecule has 0 aliphatic heterocycles. The first-order valence-corrected chi connectivity index (χ1v) is 13.7. The summed E-state index contributed by atoms with van der Waals surface area (Å²) in [6.07, 6.45) is 0.630. The van der Waals surface area contributed by atoms with Crippen molar-refractivity contribution in [3.8, 4) is 0 Å². The third-order valence-corrected chi connectivity index (χ3v) is 6.74. The van der Waals surface area contributed by atoms with Crippen LogP contribution in [0.5, 0.6) is 0 Å². The van der Waals surface area contributed by atoms with Crippen molar-refractivity contribution in [3.05, 3.63) is 129 Å². The molecule has 1 amide bonds. The Morgan fingerprint density at radius 3 is 2.00 bits per heavy atom. The average Bonchev–Trinajstić information content (AvgIpc) is 3.05. The molecule has 0 aliphatic carbocycles. The number of carbonyl (C=O) groups is 3. The first kappa shape index (κ1) is 32.8. The Balaban J connectivity index is 1.33. The van der Waals surface area contributed by atoms with Gasteiger partial charge in [0.05, 0.1) is 36.6 Å². The molecular weight excluding hydrogens is 584 g/mol. The van der Waals surface area contributed by atoms with Crippen molar-refractivity contribution in [2.45, 2.75) is 26.2 Å². The Morgan fingerprint density at radius 1 is 0.711 bits per heavy atom. The molecule has 45 heavy (non-hydrogen) atoms. The molecular formula is C33H32N2O10. The van der Waals surface area contributed by atoms with Gasteiger partial charge in [0.15, 0.2) is 0 Å². The molecule has 0 fully saturated rings. The number of benzene rings is 4. The van der Waals surface area contributed by atoms with Crippen molar-refractivity contribution >= 4 is 29.2 Å². The Kier molecular flexibility index (Phi) is 11.7. The summed E-state index contributed by atoms with van der Waals surface area (Å²) < 4.78 is 4.76. The molecule has 0 atom stereocenters. The fourth-order valence-electron chi connectivity index (χ4n) is 4.43. The molecule has 4 aromatic rings. The van der Waals surface area contributed by atoms with Crippen LogP contribution in [-0.4, -0.2) is 42.4 Å². The second-order valence-corrected chi connectivity index (χ2v) is 9.78. The predicted molar refractivity (Wildman–Crippen MR) is 162 cm³/mol. The molecule has 0 heterocycles. The van der Waals surface area contributed by atoms with Crippen LogP contribution in [0.15, 0.2) is 84.9 Å². The van der Waals surface area contributed by atoms with Gasteiger partial charge in [-0.25, -0.2) is 24.3 Å². The van der Waals surface area contributed by atoms with Crippen LogP contribution in [0.25, 0.3) is 0 Å². The van der Waals surface area contributed by atoms with E-state index in [0.29, 0.717) is 40.0 Å². The van der Waals surface area contributed by atoms with Crippen LogP contribution in [-0.2, 0) is 50.5 Å². The lowest BCUT2D eigenvalue weighted by molar-refractivity contribution is -0.282. The summed E-state index contributed by atoms with van der Waals surface area (Å²) in [5.41, 5.74) is 8.24. The molecule has 0 saturated heterocycles. The molecule has 4 rings (SSSR count). The zero-order chi connectivity index (χ0) is 32.2. The van der Waals surface area contributed by atoms with Crippen LogP contribution in [0, 0.1) is 0 Å². The monoisotopic (exact) mass is 616 g/mol. The summed E-state index contributed by atoms with van der Waals surface area (Å²) in [5.74, 6) is -2.25. The van der Waals surface area contributed by atoms with Gasteiger partial charge in [-0.3, -0.25) is 20.4 Å². The largest absolute Gasteiger partial charge is 0.478 e. The lowest BCUT2D eigenvalue weighted by Crippen LogP contribution is -2.17. The van der Waals surface area contributed by atoms with E-state index in [0.717, 1.165) is 11.1 Å². The average molecular weight is 617 g/mol. The van der Waals surface area contributed by atoms with E-state index in [4.69, 9.17) is 19.7 Å². The number of hydrogen-bond acceptors (Lipinski definition) is 10. The van der Waals surface area contributed by atoms with E-state index in [9.17, 15) is 19.5 Å². The van der Waals surface area contributed by atoms with Gasteiger partial charge in [0.1, 0.15) is 19.8 Å². The van der Waals surface area contributed by atoms with Crippen LogP contribution in [0.4, 0.5) is 11.4 Å². The van der Waals surface area contributed by atoms with Gasteiger partial charge in [-0.05, 0) is 82.8 Å². The van der Waals surface area contributed by atoms with Gasteiger partial charge in [-0.15, -0.1) is 0 Å². The highest BCUT2D eigenvalue weighted by atomic mass is 17.2. The van der Waals surface area contributed by atoms with Crippen molar-refractivity contribution < 1.29 is 49.0 Å². The van der Waals surface area contributed by atoms with Gasteiger partial charge < -0.3 is 15.2 Å². The second-order valence-electron chi connectivity index (χ2n) is 9.78. The molecule has 12 heteroatoms. The minimum atomic E-state index is -1.21. The summed E-state index contributed by atoms with van der Waals surface area (Å²) in [5, 5.41) is 21.1. The summed E-state index contributed by atoms with van der Waals surface area (Å²) in [6, 6.07) is 24.1. The molecule has 0 spiro atoms. The van der Waals surface area contributed by atoms with E-state index in [1.54, 1.807) is 36.4 Å².